The van der Waals surface area contributed by atoms with E-state index < -0.39 is 0 Å². The number of hydrogen-bond acceptors (Lipinski definition) is 4. The van der Waals surface area contributed by atoms with Crippen molar-refractivity contribution in [3.05, 3.63) is 53.9 Å². The molecule has 1 fully saturated rings. The number of thioether (sulfide) groups is 1. The number of nitrogens with zero attached hydrogens (tertiary/aromatic N) is 4. The topological polar surface area (TPSA) is 54.5 Å². The number of allylic oxidation sites excluding steroid dienone is 1. The molecular weight excluding hydrogens is 280 g/mol. The maximum absolute atomic E-state index is 9.13. The number of benzene rings is 1. The summed E-state index contributed by atoms with van der Waals surface area (Å²) in [6, 6.07) is 9.91. The molecule has 0 unspecified atom stereocenters. The minimum Gasteiger partial charge on any atom is -0.302 e. The summed E-state index contributed by atoms with van der Waals surface area (Å²) in [5, 5.41) is 18.7. The highest BCUT2D eigenvalue weighted by molar-refractivity contribution is 7.98. The van der Waals surface area contributed by atoms with E-state index in [1.165, 1.54) is 12.8 Å². The Hall–Kier alpha value is -2.06. The van der Waals surface area contributed by atoms with Gasteiger partial charge in [-0.15, -0.1) is 16.8 Å². The van der Waals surface area contributed by atoms with Gasteiger partial charge in [0.1, 0.15) is 5.82 Å². The maximum atomic E-state index is 9.13. The van der Waals surface area contributed by atoms with Crippen LogP contribution in [0.2, 0.25) is 0 Å². The van der Waals surface area contributed by atoms with Crippen LogP contribution in [0.5, 0.6) is 0 Å². The Kier molecular flexibility index (Phi) is 4.07. The van der Waals surface area contributed by atoms with Crippen molar-refractivity contribution < 1.29 is 0 Å². The first-order valence-electron chi connectivity index (χ1n) is 6.98. The van der Waals surface area contributed by atoms with Crippen molar-refractivity contribution in [2.45, 2.75) is 36.2 Å². The van der Waals surface area contributed by atoms with E-state index in [4.69, 9.17) is 5.26 Å². The van der Waals surface area contributed by atoms with Gasteiger partial charge >= 0.3 is 0 Å². The van der Waals surface area contributed by atoms with Crippen LogP contribution in [-0.4, -0.2) is 14.8 Å². The molecule has 4 nitrogen and oxygen atoms in total. The fourth-order valence-electron chi connectivity index (χ4n) is 2.25. The van der Waals surface area contributed by atoms with Crippen LogP contribution in [0.1, 0.15) is 35.7 Å². The molecule has 0 spiro atoms. The van der Waals surface area contributed by atoms with Crippen LogP contribution in [0, 0.1) is 11.3 Å². The zero-order chi connectivity index (χ0) is 14.7. The molecule has 0 amide bonds. The van der Waals surface area contributed by atoms with Crippen LogP contribution in [0.25, 0.3) is 0 Å². The Balaban J connectivity index is 1.79. The second-order valence-corrected chi connectivity index (χ2v) is 6.01. The number of hydrogen-bond donors (Lipinski definition) is 0. The lowest BCUT2D eigenvalue weighted by Gasteiger charge is -2.07. The van der Waals surface area contributed by atoms with E-state index in [0.717, 1.165) is 34.4 Å². The van der Waals surface area contributed by atoms with Crippen molar-refractivity contribution in [1.82, 2.24) is 14.8 Å². The number of aromatic nitrogens is 3. The van der Waals surface area contributed by atoms with E-state index in [9.17, 15) is 0 Å². The van der Waals surface area contributed by atoms with Gasteiger partial charge in [-0.05, 0) is 24.5 Å². The zero-order valence-electron chi connectivity index (χ0n) is 11.7. The molecule has 106 valence electrons. The highest BCUT2D eigenvalue weighted by Crippen LogP contribution is 2.40. The quantitative estimate of drug-likeness (QED) is 0.604. The molecule has 0 bridgehead atoms. The van der Waals surface area contributed by atoms with Crippen molar-refractivity contribution in [2.75, 3.05) is 0 Å². The highest BCUT2D eigenvalue weighted by atomic mass is 32.2. The van der Waals surface area contributed by atoms with E-state index in [1.807, 2.05) is 30.3 Å². The third-order valence-electron chi connectivity index (χ3n) is 3.49. The summed E-state index contributed by atoms with van der Waals surface area (Å²) in [7, 11) is 0. The first-order chi connectivity index (χ1) is 10.3. The van der Waals surface area contributed by atoms with Gasteiger partial charge in [0.25, 0.3) is 0 Å². The van der Waals surface area contributed by atoms with Crippen LogP contribution in [0.3, 0.4) is 0 Å². The number of rotatable bonds is 6. The summed E-state index contributed by atoms with van der Waals surface area (Å²) in [6.45, 7) is 4.55. The molecule has 1 aromatic carbocycles. The van der Waals surface area contributed by atoms with Crippen LogP contribution in [0.15, 0.2) is 42.1 Å². The first kappa shape index (κ1) is 13.9. The van der Waals surface area contributed by atoms with Crippen LogP contribution < -0.4 is 0 Å². The summed E-state index contributed by atoms with van der Waals surface area (Å²) in [6.07, 6.45) is 4.29. The molecule has 0 N–H and O–H groups in total. The van der Waals surface area contributed by atoms with E-state index in [1.54, 1.807) is 11.8 Å². The predicted molar refractivity (Wildman–Crippen MR) is 82.9 cm³/mol. The minimum absolute atomic E-state index is 0.568. The third-order valence-corrected chi connectivity index (χ3v) is 4.51. The van der Waals surface area contributed by atoms with Gasteiger partial charge < -0.3 is 4.57 Å². The van der Waals surface area contributed by atoms with E-state index >= 15 is 0 Å². The Bertz CT molecular complexity index is 695. The molecule has 1 aliphatic rings. The van der Waals surface area contributed by atoms with Gasteiger partial charge in [0.15, 0.2) is 5.16 Å². The average molecular weight is 296 g/mol. The lowest BCUT2D eigenvalue weighted by molar-refractivity contribution is 0.681. The van der Waals surface area contributed by atoms with E-state index in [-0.39, 0.29) is 0 Å². The molecule has 3 rings (SSSR count). The number of nitriles is 1. The smallest absolute Gasteiger partial charge is 0.191 e. The normalized spacial score (nSPS) is 13.9. The lowest BCUT2D eigenvalue weighted by Crippen LogP contribution is -2.02. The fraction of sp³-hybridized carbons (Fsp3) is 0.312. The van der Waals surface area contributed by atoms with Crippen molar-refractivity contribution in [1.29, 1.82) is 5.26 Å². The third kappa shape index (κ3) is 3.01. The van der Waals surface area contributed by atoms with Gasteiger partial charge in [0.2, 0.25) is 0 Å². The van der Waals surface area contributed by atoms with Crippen molar-refractivity contribution >= 4 is 11.8 Å². The van der Waals surface area contributed by atoms with Crippen LogP contribution >= 0.6 is 11.8 Å². The van der Waals surface area contributed by atoms with Gasteiger partial charge in [-0.3, -0.25) is 0 Å². The standard InChI is InChI=1S/C16H16N4S/c1-2-9-20-15(12-7-8-12)18-19-16(20)21-11-14-6-4-3-5-13(14)10-17/h2-6,12H,1,7-9,11H2. The minimum atomic E-state index is 0.568. The molecule has 2 aromatic rings. The molecule has 21 heavy (non-hydrogen) atoms. The van der Waals surface area contributed by atoms with Gasteiger partial charge in [-0.1, -0.05) is 36.0 Å². The monoisotopic (exact) mass is 296 g/mol. The Morgan fingerprint density at radius 1 is 1.38 bits per heavy atom. The molecule has 5 heteroatoms. The SMILES string of the molecule is C=CCn1c(SCc2ccccc2C#N)nnc1C1CC1. The van der Waals surface area contributed by atoms with E-state index in [2.05, 4.69) is 27.4 Å². The summed E-state index contributed by atoms with van der Waals surface area (Å²) in [5.74, 6) is 2.37. The summed E-state index contributed by atoms with van der Waals surface area (Å²) in [5.41, 5.74) is 1.76. The molecule has 0 saturated heterocycles. The molecule has 0 radical (unpaired) electrons. The second-order valence-electron chi connectivity index (χ2n) is 5.07. The molecule has 1 saturated carbocycles. The van der Waals surface area contributed by atoms with Crippen LogP contribution in [0.4, 0.5) is 0 Å². The Morgan fingerprint density at radius 3 is 2.90 bits per heavy atom. The molecule has 1 aliphatic carbocycles. The molecule has 0 aliphatic heterocycles. The predicted octanol–water partition coefficient (Wildman–Crippen LogP) is 3.51. The molecular formula is C16H16N4S. The fourth-order valence-corrected chi connectivity index (χ4v) is 3.21. The summed E-state index contributed by atoms with van der Waals surface area (Å²) >= 11 is 1.63. The Labute approximate surface area is 128 Å². The molecule has 1 heterocycles. The van der Waals surface area contributed by atoms with Gasteiger partial charge in [-0.2, -0.15) is 5.26 Å². The van der Waals surface area contributed by atoms with Gasteiger partial charge in [0, 0.05) is 18.2 Å². The lowest BCUT2D eigenvalue weighted by atomic mass is 10.1. The van der Waals surface area contributed by atoms with Crippen molar-refractivity contribution in [3.63, 3.8) is 0 Å². The van der Waals surface area contributed by atoms with Gasteiger partial charge in [0.05, 0.1) is 11.6 Å². The summed E-state index contributed by atoms with van der Waals surface area (Å²) in [4.78, 5) is 0. The largest absolute Gasteiger partial charge is 0.302 e. The molecule has 1 aromatic heterocycles. The average Bonchev–Trinajstić information content (AvgIpc) is 3.28. The second kappa shape index (κ2) is 6.15. The molecule has 0 atom stereocenters. The van der Waals surface area contributed by atoms with E-state index in [0.29, 0.717) is 5.92 Å². The highest BCUT2D eigenvalue weighted by Gasteiger charge is 2.30. The van der Waals surface area contributed by atoms with Gasteiger partial charge in [-0.25, -0.2) is 0 Å². The zero-order valence-corrected chi connectivity index (χ0v) is 12.5. The first-order valence-corrected chi connectivity index (χ1v) is 7.97. The van der Waals surface area contributed by atoms with Crippen molar-refractivity contribution in [2.24, 2.45) is 0 Å². The summed E-state index contributed by atoms with van der Waals surface area (Å²) < 4.78 is 2.14. The maximum Gasteiger partial charge on any atom is 0.191 e. The van der Waals surface area contributed by atoms with Crippen LogP contribution in [-0.2, 0) is 12.3 Å². The Morgan fingerprint density at radius 2 is 2.19 bits per heavy atom. The van der Waals surface area contributed by atoms with Crippen molar-refractivity contribution in [3.8, 4) is 6.07 Å².